The summed E-state index contributed by atoms with van der Waals surface area (Å²) in [6.45, 7) is 3.85. The zero-order valence-corrected chi connectivity index (χ0v) is 7.26. The first-order valence-electron chi connectivity index (χ1n) is 2.73. The lowest BCUT2D eigenvalue weighted by Crippen LogP contribution is -2.27. The molecule has 0 aliphatic carbocycles. The fraction of sp³-hybridized carbons (Fsp3) is 0.800. The molecule has 0 spiro atoms. The molecular weight excluding hydrogens is 134 g/mol. The molecule has 0 saturated heterocycles. The Bertz CT molecular complexity index is 103. The molecule has 0 heterocycles. The Morgan fingerprint density at radius 1 is 1.44 bits per heavy atom. The SMILES string of the molecule is CN(C)C(=O)O[Si](C)C. The zero-order chi connectivity index (χ0) is 7.44. The highest BCUT2D eigenvalue weighted by Gasteiger charge is 2.07. The smallest absolute Gasteiger partial charge is 0.395 e. The summed E-state index contributed by atoms with van der Waals surface area (Å²) in [6.07, 6.45) is -0.242. The van der Waals surface area contributed by atoms with Crippen molar-refractivity contribution in [3.8, 4) is 0 Å². The molecule has 0 rings (SSSR count). The number of hydrogen-bond donors (Lipinski definition) is 0. The van der Waals surface area contributed by atoms with Crippen molar-refractivity contribution in [3.05, 3.63) is 0 Å². The van der Waals surface area contributed by atoms with Gasteiger partial charge in [0.1, 0.15) is 0 Å². The summed E-state index contributed by atoms with van der Waals surface area (Å²) in [6, 6.07) is 0. The van der Waals surface area contributed by atoms with E-state index in [1.54, 1.807) is 14.1 Å². The number of hydrogen-bond acceptors (Lipinski definition) is 2. The van der Waals surface area contributed by atoms with Crippen LogP contribution in [0.5, 0.6) is 0 Å². The van der Waals surface area contributed by atoms with Crippen molar-refractivity contribution >= 4 is 15.1 Å². The van der Waals surface area contributed by atoms with E-state index in [-0.39, 0.29) is 6.09 Å². The van der Waals surface area contributed by atoms with Crippen LogP contribution in [0.1, 0.15) is 0 Å². The van der Waals surface area contributed by atoms with Gasteiger partial charge < -0.3 is 9.33 Å². The minimum atomic E-state index is -0.870. The van der Waals surface area contributed by atoms with Gasteiger partial charge in [0.05, 0.1) is 0 Å². The fourth-order valence-electron chi connectivity index (χ4n) is 0.266. The lowest BCUT2D eigenvalue weighted by Gasteiger charge is -2.12. The van der Waals surface area contributed by atoms with Gasteiger partial charge in [-0.25, -0.2) is 4.79 Å². The predicted octanol–water partition coefficient (Wildman–Crippen LogP) is 0.936. The fourth-order valence-corrected chi connectivity index (χ4v) is 0.798. The quantitative estimate of drug-likeness (QED) is 0.515. The Morgan fingerprint density at radius 2 is 1.89 bits per heavy atom. The normalized spacial score (nSPS) is 9.44. The largest absolute Gasteiger partial charge is 0.503 e. The molecule has 0 aliphatic heterocycles. The standard InChI is InChI=1S/C5H12NO2Si/c1-6(2)5(7)8-9(3)4/h1-4H3. The molecule has 0 saturated carbocycles. The van der Waals surface area contributed by atoms with Gasteiger partial charge in [0.25, 0.3) is 9.04 Å². The molecule has 9 heavy (non-hydrogen) atoms. The van der Waals surface area contributed by atoms with Crippen molar-refractivity contribution in [1.29, 1.82) is 0 Å². The van der Waals surface area contributed by atoms with Crippen molar-refractivity contribution in [1.82, 2.24) is 4.90 Å². The highest BCUT2D eigenvalue weighted by atomic mass is 28.3. The van der Waals surface area contributed by atoms with E-state index < -0.39 is 9.04 Å². The van der Waals surface area contributed by atoms with Gasteiger partial charge in [-0.2, -0.15) is 0 Å². The van der Waals surface area contributed by atoms with Crippen molar-refractivity contribution in [3.63, 3.8) is 0 Å². The van der Waals surface area contributed by atoms with Crippen molar-refractivity contribution in [2.45, 2.75) is 13.1 Å². The molecule has 0 aromatic carbocycles. The van der Waals surface area contributed by atoms with Crippen LogP contribution in [0.3, 0.4) is 0 Å². The van der Waals surface area contributed by atoms with E-state index in [1.807, 2.05) is 13.1 Å². The van der Waals surface area contributed by atoms with E-state index in [2.05, 4.69) is 0 Å². The third kappa shape index (κ3) is 4.02. The third-order valence-electron chi connectivity index (χ3n) is 0.657. The molecule has 1 radical (unpaired) electrons. The number of rotatable bonds is 1. The monoisotopic (exact) mass is 146 g/mol. The topological polar surface area (TPSA) is 29.5 Å². The molecule has 0 bridgehead atoms. The zero-order valence-electron chi connectivity index (χ0n) is 6.26. The van der Waals surface area contributed by atoms with Gasteiger partial charge in [0, 0.05) is 14.1 Å². The number of carbonyl (C=O) groups is 1. The minimum Gasteiger partial charge on any atom is -0.503 e. The molecule has 0 unspecified atom stereocenters. The Hall–Kier alpha value is -0.513. The Balaban J connectivity index is 3.51. The summed E-state index contributed by atoms with van der Waals surface area (Å²) in [5.74, 6) is 0. The molecule has 1 amide bonds. The van der Waals surface area contributed by atoms with E-state index in [0.717, 1.165) is 0 Å². The molecule has 0 aliphatic rings. The average molecular weight is 146 g/mol. The van der Waals surface area contributed by atoms with Crippen LogP contribution >= 0.6 is 0 Å². The van der Waals surface area contributed by atoms with E-state index in [0.29, 0.717) is 0 Å². The van der Waals surface area contributed by atoms with E-state index >= 15 is 0 Å². The van der Waals surface area contributed by atoms with E-state index in [1.165, 1.54) is 4.90 Å². The minimum absolute atomic E-state index is 0.242. The van der Waals surface area contributed by atoms with Gasteiger partial charge in [-0.15, -0.1) is 0 Å². The molecule has 0 N–H and O–H groups in total. The molecule has 0 aromatic rings. The van der Waals surface area contributed by atoms with Gasteiger partial charge in [-0.1, -0.05) is 0 Å². The van der Waals surface area contributed by atoms with Crippen LogP contribution in [0, 0.1) is 0 Å². The maximum Gasteiger partial charge on any atom is 0.395 e. The summed E-state index contributed by atoms with van der Waals surface area (Å²) in [4.78, 5) is 12.1. The second-order valence-corrected chi connectivity index (χ2v) is 4.19. The molecule has 4 heteroatoms. The molecule has 3 nitrogen and oxygen atoms in total. The highest BCUT2D eigenvalue weighted by molar-refractivity contribution is 6.50. The first kappa shape index (κ1) is 8.49. The van der Waals surface area contributed by atoms with Gasteiger partial charge >= 0.3 is 6.09 Å². The molecule has 53 valence electrons. The van der Waals surface area contributed by atoms with Crippen molar-refractivity contribution in [2.24, 2.45) is 0 Å². The summed E-state index contributed by atoms with van der Waals surface area (Å²) >= 11 is 0. The Morgan fingerprint density at radius 3 is 2.00 bits per heavy atom. The van der Waals surface area contributed by atoms with Crippen LogP contribution in [0.25, 0.3) is 0 Å². The molecule has 0 atom stereocenters. The van der Waals surface area contributed by atoms with E-state index in [4.69, 9.17) is 4.43 Å². The second-order valence-electron chi connectivity index (χ2n) is 2.17. The summed E-state index contributed by atoms with van der Waals surface area (Å²) in [5.41, 5.74) is 0. The predicted molar refractivity (Wildman–Crippen MR) is 37.7 cm³/mol. The Kier molecular flexibility index (Phi) is 3.30. The second kappa shape index (κ2) is 3.50. The molecule has 0 fully saturated rings. The highest BCUT2D eigenvalue weighted by Crippen LogP contribution is 1.89. The summed E-state index contributed by atoms with van der Waals surface area (Å²) in [5, 5.41) is 0. The molecular formula is C5H12NO2Si. The summed E-state index contributed by atoms with van der Waals surface area (Å²) < 4.78 is 4.90. The number of amides is 1. The van der Waals surface area contributed by atoms with Crippen LogP contribution < -0.4 is 0 Å². The van der Waals surface area contributed by atoms with Gasteiger partial charge in [0.15, 0.2) is 0 Å². The Labute approximate surface area is 57.3 Å². The third-order valence-corrected chi connectivity index (χ3v) is 1.24. The van der Waals surface area contributed by atoms with Crippen LogP contribution in [-0.2, 0) is 4.43 Å². The maximum absolute atomic E-state index is 10.7. The van der Waals surface area contributed by atoms with Crippen LogP contribution in [-0.4, -0.2) is 34.1 Å². The van der Waals surface area contributed by atoms with Gasteiger partial charge in [0.2, 0.25) is 0 Å². The molecule has 0 aromatic heterocycles. The van der Waals surface area contributed by atoms with Crippen LogP contribution in [0.4, 0.5) is 4.79 Å². The lowest BCUT2D eigenvalue weighted by atomic mass is 10.9. The van der Waals surface area contributed by atoms with Gasteiger partial charge in [-0.05, 0) is 13.1 Å². The van der Waals surface area contributed by atoms with E-state index in [9.17, 15) is 4.79 Å². The lowest BCUT2D eigenvalue weighted by molar-refractivity contribution is 0.172. The maximum atomic E-state index is 10.7. The van der Waals surface area contributed by atoms with Crippen molar-refractivity contribution < 1.29 is 9.22 Å². The summed E-state index contributed by atoms with van der Waals surface area (Å²) in [7, 11) is 2.48. The first-order chi connectivity index (χ1) is 4.04. The number of carbonyl (C=O) groups excluding carboxylic acids is 1. The van der Waals surface area contributed by atoms with Gasteiger partial charge in [-0.3, -0.25) is 0 Å². The first-order valence-corrected chi connectivity index (χ1v) is 5.14. The van der Waals surface area contributed by atoms with Crippen LogP contribution in [0.15, 0.2) is 0 Å². The van der Waals surface area contributed by atoms with Crippen LogP contribution in [0.2, 0.25) is 13.1 Å². The van der Waals surface area contributed by atoms with Crippen molar-refractivity contribution in [2.75, 3.05) is 14.1 Å². The number of nitrogens with zero attached hydrogens (tertiary/aromatic N) is 1. The average Bonchev–Trinajstić information content (AvgIpc) is 1.63.